The molecule has 116 valence electrons. The molecule has 0 amide bonds. The smallest absolute Gasteiger partial charge is 0.178 e. The molecule has 1 atom stereocenters. The van der Waals surface area contributed by atoms with Gasteiger partial charge in [0.15, 0.2) is 5.82 Å². The van der Waals surface area contributed by atoms with E-state index < -0.39 is 6.17 Å². The summed E-state index contributed by atoms with van der Waals surface area (Å²) in [6.45, 7) is 0.288. The molecular formula is C16H20FN5. The zero-order valence-electron chi connectivity index (χ0n) is 12.5. The van der Waals surface area contributed by atoms with Crippen LogP contribution in [0.15, 0.2) is 30.9 Å². The van der Waals surface area contributed by atoms with Crippen LogP contribution in [0.5, 0.6) is 0 Å². The predicted molar refractivity (Wildman–Crippen MR) is 83.0 cm³/mol. The van der Waals surface area contributed by atoms with Crippen molar-refractivity contribution in [3.63, 3.8) is 0 Å². The van der Waals surface area contributed by atoms with Gasteiger partial charge in [-0.25, -0.2) is 24.3 Å². The van der Waals surface area contributed by atoms with E-state index in [1.54, 1.807) is 24.5 Å². The lowest BCUT2D eigenvalue weighted by Gasteiger charge is -2.25. The van der Waals surface area contributed by atoms with Crippen LogP contribution >= 0.6 is 0 Å². The van der Waals surface area contributed by atoms with Gasteiger partial charge in [0.05, 0.1) is 0 Å². The molecule has 0 bridgehead atoms. The highest BCUT2D eigenvalue weighted by Crippen LogP contribution is 2.28. The maximum Gasteiger partial charge on any atom is 0.178 e. The minimum absolute atomic E-state index is 0.181. The summed E-state index contributed by atoms with van der Waals surface area (Å²) in [6.07, 6.45) is 9.47. The molecule has 1 unspecified atom stereocenters. The lowest BCUT2D eigenvalue weighted by atomic mass is 9.86. The molecule has 0 spiro atoms. The van der Waals surface area contributed by atoms with Gasteiger partial charge < -0.3 is 5.32 Å². The number of anilines is 1. The van der Waals surface area contributed by atoms with Crippen molar-refractivity contribution in [2.75, 3.05) is 11.9 Å². The maximum absolute atomic E-state index is 14.3. The second kappa shape index (κ2) is 7.24. The van der Waals surface area contributed by atoms with Gasteiger partial charge >= 0.3 is 0 Å². The fraction of sp³-hybridized carbons (Fsp3) is 0.500. The first-order chi connectivity index (χ1) is 10.8. The third kappa shape index (κ3) is 3.75. The number of alkyl halides is 1. The van der Waals surface area contributed by atoms with Crippen LogP contribution in [0.25, 0.3) is 11.5 Å². The number of rotatable bonds is 5. The molecule has 0 aromatic carbocycles. The van der Waals surface area contributed by atoms with Crippen molar-refractivity contribution in [2.24, 2.45) is 5.92 Å². The van der Waals surface area contributed by atoms with Gasteiger partial charge in [-0.3, -0.25) is 0 Å². The fourth-order valence-electron chi connectivity index (χ4n) is 2.87. The lowest BCUT2D eigenvalue weighted by Crippen LogP contribution is -2.26. The number of halogens is 1. The quantitative estimate of drug-likeness (QED) is 0.918. The Morgan fingerprint density at radius 1 is 1.09 bits per heavy atom. The highest BCUT2D eigenvalue weighted by molar-refractivity contribution is 5.53. The molecule has 1 N–H and O–H groups in total. The zero-order valence-corrected chi connectivity index (χ0v) is 12.5. The first kappa shape index (κ1) is 14.8. The molecular weight excluding hydrogens is 281 g/mol. The second-order valence-corrected chi connectivity index (χ2v) is 5.66. The summed E-state index contributed by atoms with van der Waals surface area (Å²) >= 11 is 0. The molecule has 5 nitrogen and oxygen atoms in total. The fourth-order valence-corrected chi connectivity index (χ4v) is 2.87. The van der Waals surface area contributed by atoms with Crippen LogP contribution in [-0.2, 0) is 0 Å². The van der Waals surface area contributed by atoms with E-state index in [1.165, 1.54) is 12.7 Å². The van der Waals surface area contributed by atoms with Gasteiger partial charge in [-0.05, 0) is 24.8 Å². The van der Waals surface area contributed by atoms with Crippen LogP contribution in [0, 0.1) is 5.92 Å². The molecule has 2 aromatic rings. The minimum Gasteiger partial charge on any atom is -0.367 e. The van der Waals surface area contributed by atoms with Gasteiger partial charge in [0.1, 0.15) is 24.0 Å². The van der Waals surface area contributed by atoms with Crippen LogP contribution in [-0.4, -0.2) is 32.7 Å². The Morgan fingerprint density at radius 3 is 2.64 bits per heavy atom. The SMILES string of the molecule is FC(CNc1cc(-c2ncccn2)ncn1)C1CCCCC1. The van der Waals surface area contributed by atoms with Crippen molar-refractivity contribution in [2.45, 2.75) is 38.3 Å². The molecule has 0 aliphatic heterocycles. The van der Waals surface area contributed by atoms with E-state index in [2.05, 4.69) is 25.3 Å². The molecule has 6 heteroatoms. The lowest BCUT2D eigenvalue weighted by molar-refractivity contribution is 0.191. The van der Waals surface area contributed by atoms with Gasteiger partial charge in [0.2, 0.25) is 0 Å². The molecule has 22 heavy (non-hydrogen) atoms. The summed E-state index contributed by atoms with van der Waals surface area (Å²) in [5, 5.41) is 3.07. The normalized spacial score (nSPS) is 17.1. The summed E-state index contributed by atoms with van der Waals surface area (Å²) in [4.78, 5) is 16.6. The van der Waals surface area contributed by atoms with Gasteiger partial charge in [0.25, 0.3) is 0 Å². The Kier molecular flexibility index (Phi) is 4.88. The predicted octanol–water partition coefficient (Wildman–Crippen LogP) is 3.26. The Hall–Kier alpha value is -2.11. The first-order valence-corrected chi connectivity index (χ1v) is 7.80. The van der Waals surface area contributed by atoms with Crippen LogP contribution in [0.2, 0.25) is 0 Å². The average Bonchev–Trinajstić information content (AvgIpc) is 2.61. The molecule has 1 saturated carbocycles. The average molecular weight is 301 g/mol. The first-order valence-electron chi connectivity index (χ1n) is 7.80. The largest absolute Gasteiger partial charge is 0.367 e. The zero-order chi connectivity index (χ0) is 15.2. The van der Waals surface area contributed by atoms with Crippen LogP contribution in [0.4, 0.5) is 10.2 Å². The highest BCUT2D eigenvalue weighted by atomic mass is 19.1. The van der Waals surface area contributed by atoms with Gasteiger partial charge in [-0.2, -0.15) is 0 Å². The molecule has 0 saturated heterocycles. The van der Waals surface area contributed by atoms with Crippen molar-refractivity contribution >= 4 is 5.82 Å². The van der Waals surface area contributed by atoms with Crippen molar-refractivity contribution in [1.29, 1.82) is 0 Å². The number of aromatic nitrogens is 4. The summed E-state index contributed by atoms with van der Waals surface area (Å²) in [6, 6.07) is 3.50. The summed E-state index contributed by atoms with van der Waals surface area (Å²) < 4.78 is 14.3. The van der Waals surface area contributed by atoms with Gasteiger partial charge in [-0.1, -0.05) is 19.3 Å². The third-order valence-corrected chi connectivity index (χ3v) is 4.10. The Balaban J connectivity index is 1.61. The second-order valence-electron chi connectivity index (χ2n) is 5.66. The topological polar surface area (TPSA) is 63.6 Å². The molecule has 3 rings (SSSR count). The summed E-state index contributed by atoms with van der Waals surface area (Å²) in [7, 11) is 0. The third-order valence-electron chi connectivity index (χ3n) is 4.10. The van der Waals surface area contributed by atoms with E-state index in [0.29, 0.717) is 17.3 Å². The van der Waals surface area contributed by atoms with Crippen molar-refractivity contribution in [3.05, 3.63) is 30.9 Å². The van der Waals surface area contributed by atoms with Crippen LogP contribution < -0.4 is 5.32 Å². The van der Waals surface area contributed by atoms with Crippen LogP contribution in [0.1, 0.15) is 32.1 Å². The minimum atomic E-state index is -0.827. The number of hydrogen-bond donors (Lipinski definition) is 1. The van der Waals surface area contributed by atoms with E-state index in [4.69, 9.17) is 0 Å². The highest BCUT2D eigenvalue weighted by Gasteiger charge is 2.23. The van der Waals surface area contributed by atoms with Gasteiger partial charge in [0, 0.05) is 25.0 Å². The molecule has 2 aromatic heterocycles. The van der Waals surface area contributed by atoms with Crippen LogP contribution in [0.3, 0.4) is 0 Å². The van der Waals surface area contributed by atoms with Gasteiger partial charge in [-0.15, -0.1) is 0 Å². The summed E-state index contributed by atoms with van der Waals surface area (Å²) in [5.74, 6) is 1.33. The molecule has 1 fully saturated rings. The van der Waals surface area contributed by atoms with Crippen molar-refractivity contribution < 1.29 is 4.39 Å². The summed E-state index contributed by atoms with van der Waals surface area (Å²) in [5.41, 5.74) is 0.631. The Labute approximate surface area is 129 Å². The van der Waals surface area contributed by atoms with Crippen molar-refractivity contribution in [3.8, 4) is 11.5 Å². The maximum atomic E-state index is 14.3. The van der Waals surface area contributed by atoms with E-state index in [1.807, 2.05) is 0 Å². The monoisotopic (exact) mass is 301 g/mol. The Bertz CT molecular complexity index is 586. The molecule has 1 aliphatic rings. The molecule has 1 aliphatic carbocycles. The van der Waals surface area contributed by atoms with E-state index in [0.717, 1.165) is 25.7 Å². The number of nitrogens with one attached hydrogen (secondary N) is 1. The van der Waals surface area contributed by atoms with E-state index >= 15 is 0 Å². The van der Waals surface area contributed by atoms with E-state index in [9.17, 15) is 4.39 Å². The number of hydrogen-bond acceptors (Lipinski definition) is 5. The molecule has 0 radical (unpaired) electrons. The van der Waals surface area contributed by atoms with E-state index in [-0.39, 0.29) is 12.5 Å². The standard InChI is InChI=1S/C16H20FN5/c17-13(12-5-2-1-3-6-12)10-20-15-9-14(21-11-22-15)16-18-7-4-8-19-16/h4,7-9,11-13H,1-3,5-6,10H2,(H,20,21,22). The van der Waals surface area contributed by atoms with Crippen molar-refractivity contribution in [1.82, 2.24) is 19.9 Å². The number of nitrogens with zero attached hydrogens (tertiary/aromatic N) is 4. The molecule has 2 heterocycles. The Morgan fingerprint density at radius 2 is 1.86 bits per heavy atom.